The molecule has 0 aliphatic rings. The maximum atomic E-state index is 13.8. The lowest BCUT2D eigenvalue weighted by Crippen LogP contribution is -2.41. The van der Waals surface area contributed by atoms with Crippen molar-refractivity contribution in [1.82, 2.24) is 14.8 Å². The zero-order valence-corrected chi connectivity index (χ0v) is 24.3. The van der Waals surface area contributed by atoms with E-state index < -0.39 is 0 Å². The van der Waals surface area contributed by atoms with Crippen LogP contribution >= 0.6 is 46.4 Å². The van der Waals surface area contributed by atoms with Crippen molar-refractivity contribution < 1.29 is 4.79 Å². The minimum atomic E-state index is 0.0621. The Balaban J connectivity index is 1.53. The van der Waals surface area contributed by atoms with E-state index in [2.05, 4.69) is 28.9 Å². The Kier molecular flexibility index (Phi) is 10.4. The number of nitrogens with one attached hydrogen (secondary N) is 1. The maximum Gasteiger partial charge on any atom is 0.237 e. The van der Waals surface area contributed by atoms with Crippen LogP contribution < -0.4 is 0 Å². The number of aromatic nitrogens is 1. The third-order valence-electron chi connectivity index (χ3n) is 6.61. The summed E-state index contributed by atoms with van der Waals surface area (Å²) in [5.74, 6) is 0.0621. The van der Waals surface area contributed by atoms with E-state index in [1.165, 1.54) is 10.9 Å². The molecule has 0 unspecified atom stereocenters. The zero-order chi connectivity index (χ0) is 27.1. The van der Waals surface area contributed by atoms with Crippen LogP contribution in [0.5, 0.6) is 0 Å². The zero-order valence-electron chi connectivity index (χ0n) is 21.3. The summed E-state index contributed by atoms with van der Waals surface area (Å²) in [7, 11) is 0. The molecule has 1 aromatic heterocycles. The molecule has 4 aromatic rings. The SMILES string of the molecule is CCCCN(CC(=O)N(CCc1c[nH]c2ccccc12)Cc1ccc(Cl)c(Cl)c1)Cc1ccc(Cl)c(Cl)c1. The molecular weight excluding hydrogens is 560 g/mol. The topological polar surface area (TPSA) is 39.3 Å². The molecule has 0 fully saturated rings. The van der Waals surface area contributed by atoms with Gasteiger partial charge in [0.15, 0.2) is 0 Å². The van der Waals surface area contributed by atoms with Crippen molar-refractivity contribution in [1.29, 1.82) is 0 Å². The number of unbranched alkanes of at least 4 members (excludes halogenated alkanes) is 1. The molecule has 38 heavy (non-hydrogen) atoms. The third-order valence-corrected chi connectivity index (χ3v) is 8.09. The van der Waals surface area contributed by atoms with Crippen molar-refractivity contribution >= 4 is 63.2 Å². The minimum absolute atomic E-state index is 0.0621. The summed E-state index contributed by atoms with van der Waals surface area (Å²) in [5.41, 5.74) is 4.25. The molecule has 200 valence electrons. The molecule has 1 heterocycles. The highest BCUT2D eigenvalue weighted by molar-refractivity contribution is 6.42. The second-order valence-electron chi connectivity index (χ2n) is 9.49. The number of hydrogen-bond donors (Lipinski definition) is 1. The standard InChI is InChI=1S/C30H31Cl4N3O/c1-2-3-13-36(18-21-8-10-25(31)27(33)15-21)20-30(38)37(19-22-9-11-26(32)28(34)16-22)14-12-23-17-35-29-7-5-4-6-24(23)29/h4-11,15-17,35H,2-3,12-14,18-20H2,1H3. The molecule has 0 radical (unpaired) electrons. The van der Waals surface area contributed by atoms with Crippen LogP contribution in [0.1, 0.15) is 36.5 Å². The van der Waals surface area contributed by atoms with Gasteiger partial charge in [-0.2, -0.15) is 0 Å². The van der Waals surface area contributed by atoms with E-state index in [0.29, 0.717) is 46.3 Å². The second kappa shape index (κ2) is 13.7. The summed E-state index contributed by atoms with van der Waals surface area (Å²) >= 11 is 24.8. The molecule has 8 heteroatoms. The van der Waals surface area contributed by atoms with Gasteiger partial charge in [-0.15, -0.1) is 0 Å². The summed E-state index contributed by atoms with van der Waals surface area (Å²) in [4.78, 5) is 21.2. The monoisotopic (exact) mass is 589 g/mol. The molecule has 0 aliphatic heterocycles. The van der Waals surface area contributed by atoms with Crippen LogP contribution in [0, 0.1) is 0 Å². The number of carbonyl (C=O) groups excluding carboxylic acids is 1. The number of halogens is 4. The lowest BCUT2D eigenvalue weighted by atomic mass is 10.1. The van der Waals surface area contributed by atoms with Gasteiger partial charge in [0, 0.05) is 36.7 Å². The number of nitrogens with zero attached hydrogens (tertiary/aromatic N) is 2. The average Bonchev–Trinajstić information content (AvgIpc) is 3.32. The Bertz CT molecular complexity index is 1390. The lowest BCUT2D eigenvalue weighted by Gasteiger charge is -2.28. The van der Waals surface area contributed by atoms with Gasteiger partial charge in [0.05, 0.1) is 26.6 Å². The molecule has 0 spiro atoms. The number of para-hydroxylation sites is 1. The molecule has 1 amide bonds. The smallest absolute Gasteiger partial charge is 0.237 e. The highest BCUT2D eigenvalue weighted by Gasteiger charge is 2.19. The first-order chi connectivity index (χ1) is 18.3. The number of benzene rings is 3. The molecule has 4 nitrogen and oxygen atoms in total. The number of amides is 1. The Hall–Kier alpha value is -2.21. The van der Waals surface area contributed by atoms with Crippen LogP contribution in [0.3, 0.4) is 0 Å². The number of hydrogen-bond acceptors (Lipinski definition) is 2. The molecule has 0 bridgehead atoms. The summed E-state index contributed by atoms with van der Waals surface area (Å²) in [6.07, 6.45) is 4.81. The first-order valence-corrected chi connectivity index (χ1v) is 14.3. The summed E-state index contributed by atoms with van der Waals surface area (Å²) in [6, 6.07) is 19.4. The highest BCUT2D eigenvalue weighted by Crippen LogP contribution is 2.25. The lowest BCUT2D eigenvalue weighted by molar-refractivity contribution is -0.133. The summed E-state index contributed by atoms with van der Waals surface area (Å²) < 4.78 is 0. The fourth-order valence-electron chi connectivity index (χ4n) is 4.53. The molecule has 4 rings (SSSR count). The van der Waals surface area contributed by atoms with Crippen molar-refractivity contribution in [3.05, 3.63) is 104 Å². The first kappa shape index (κ1) is 28.8. The Labute approximate surface area is 244 Å². The van der Waals surface area contributed by atoms with E-state index >= 15 is 0 Å². The minimum Gasteiger partial charge on any atom is -0.361 e. The van der Waals surface area contributed by atoms with E-state index in [1.54, 1.807) is 12.1 Å². The van der Waals surface area contributed by atoms with Gasteiger partial charge in [-0.3, -0.25) is 9.69 Å². The van der Waals surface area contributed by atoms with Gasteiger partial charge in [-0.25, -0.2) is 0 Å². The Morgan fingerprint density at radius 1 is 0.816 bits per heavy atom. The fourth-order valence-corrected chi connectivity index (χ4v) is 5.17. The van der Waals surface area contributed by atoms with Crippen LogP contribution in [0.15, 0.2) is 66.9 Å². The van der Waals surface area contributed by atoms with Gasteiger partial charge in [-0.05, 0) is 66.4 Å². The predicted molar refractivity (Wildman–Crippen MR) is 161 cm³/mol. The highest BCUT2D eigenvalue weighted by atomic mass is 35.5. The number of carbonyl (C=O) groups is 1. The average molecular weight is 591 g/mol. The second-order valence-corrected chi connectivity index (χ2v) is 11.1. The van der Waals surface area contributed by atoms with Crippen molar-refractivity contribution in [2.45, 2.75) is 39.3 Å². The number of H-pyrrole nitrogens is 1. The van der Waals surface area contributed by atoms with Gasteiger partial charge < -0.3 is 9.88 Å². The maximum absolute atomic E-state index is 13.8. The van der Waals surface area contributed by atoms with Crippen LogP contribution in [-0.2, 0) is 24.3 Å². The molecule has 0 aliphatic carbocycles. The van der Waals surface area contributed by atoms with Gasteiger partial charge in [0.25, 0.3) is 0 Å². The first-order valence-electron chi connectivity index (χ1n) is 12.8. The van der Waals surface area contributed by atoms with Crippen molar-refractivity contribution in [2.75, 3.05) is 19.6 Å². The van der Waals surface area contributed by atoms with Gasteiger partial charge in [0.2, 0.25) is 5.91 Å². The van der Waals surface area contributed by atoms with Gasteiger partial charge in [-0.1, -0.05) is 90.1 Å². The molecular formula is C30H31Cl4N3O. The number of aromatic amines is 1. The fraction of sp³-hybridized carbons (Fsp3) is 0.300. The Morgan fingerprint density at radius 3 is 2.13 bits per heavy atom. The molecule has 0 saturated carbocycles. The van der Waals surface area contributed by atoms with Crippen molar-refractivity contribution in [2.24, 2.45) is 0 Å². The Morgan fingerprint density at radius 2 is 1.47 bits per heavy atom. The molecule has 0 atom stereocenters. The predicted octanol–water partition coefficient (Wildman–Crippen LogP) is 8.66. The molecule has 1 N–H and O–H groups in total. The van der Waals surface area contributed by atoms with Gasteiger partial charge in [0.1, 0.15) is 0 Å². The quantitative estimate of drug-likeness (QED) is 0.179. The van der Waals surface area contributed by atoms with Crippen LogP contribution in [0.4, 0.5) is 0 Å². The number of fused-ring (bicyclic) bond motifs is 1. The third kappa shape index (κ3) is 7.68. The van der Waals surface area contributed by atoms with Crippen LogP contribution in [0.2, 0.25) is 20.1 Å². The van der Waals surface area contributed by atoms with E-state index in [1.807, 2.05) is 47.5 Å². The number of rotatable bonds is 12. The largest absolute Gasteiger partial charge is 0.361 e. The summed E-state index contributed by atoms with van der Waals surface area (Å²) in [6.45, 7) is 4.91. The van der Waals surface area contributed by atoms with E-state index in [4.69, 9.17) is 46.4 Å². The van der Waals surface area contributed by atoms with Crippen molar-refractivity contribution in [3.8, 4) is 0 Å². The van der Waals surface area contributed by atoms with Crippen LogP contribution in [-0.4, -0.2) is 40.3 Å². The van der Waals surface area contributed by atoms with E-state index in [9.17, 15) is 4.79 Å². The summed E-state index contributed by atoms with van der Waals surface area (Å²) in [5, 5.41) is 3.21. The van der Waals surface area contributed by atoms with Gasteiger partial charge >= 0.3 is 0 Å². The van der Waals surface area contributed by atoms with Crippen molar-refractivity contribution in [3.63, 3.8) is 0 Å². The normalized spacial score (nSPS) is 11.4. The molecule has 3 aromatic carbocycles. The van der Waals surface area contributed by atoms with E-state index in [-0.39, 0.29) is 5.91 Å². The van der Waals surface area contributed by atoms with E-state index in [0.717, 1.165) is 42.5 Å². The molecule has 0 saturated heterocycles. The van der Waals surface area contributed by atoms with Crippen LogP contribution in [0.25, 0.3) is 10.9 Å².